The third kappa shape index (κ3) is 2.81. The van der Waals surface area contributed by atoms with E-state index in [9.17, 15) is 5.11 Å². The number of hydrogen-bond donors (Lipinski definition) is 2. The molecule has 1 heterocycles. The molecule has 0 aromatic carbocycles. The second-order valence-electron chi connectivity index (χ2n) is 6.13. The van der Waals surface area contributed by atoms with Crippen LogP contribution in [0.1, 0.15) is 41.5 Å². The molecule has 0 radical (unpaired) electrons. The first-order chi connectivity index (χ1) is 6.62. The van der Waals surface area contributed by atoms with Crippen LogP contribution in [0.5, 0.6) is 0 Å². The molecular formula is C12H22N2O. The minimum atomic E-state index is -0.656. The third-order valence-corrected chi connectivity index (χ3v) is 2.53. The predicted molar refractivity (Wildman–Crippen MR) is 63.6 cm³/mol. The molecule has 0 saturated carbocycles. The Balaban J connectivity index is 3.06. The molecule has 1 aliphatic heterocycles. The molecule has 0 aromatic rings. The SMILES string of the molecule is CC(C)(C)C1=CC(C(C)(C)C)=NNC1O. The fourth-order valence-electron chi connectivity index (χ4n) is 1.47. The second-order valence-corrected chi connectivity index (χ2v) is 6.13. The van der Waals surface area contributed by atoms with Crippen molar-refractivity contribution in [2.24, 2.45) is 15.9 Å². The van der Waals surface area contributed by atoms with Gasteiger partial charge in [0.2, 0.25) is 0 Å². The summed E-state index contributed by atoms with van der Waals surface area (Å²) in [6.07, 6.45) is 1.36. The van der Waals surface area contributed by atoms with Crippen molar-refractivity contribution in [3.63, 3.8) is 0 Å². The van der Waals surface area contributed by atoms with E-state index >= 15 is 0 Å². The van der Waals surface area contributed by atoms with Gasteiger partial charge < -0.3 is 5.11 Å². The summed E-state index contributed by atoms with van der Waals surface area (Å²) in [5.74, 6) is 0. The van der Waals surface area contributed by atoms with E-state index in [1.807, 2.05) is 6.08 Å². The molecule has 1 aliphatic rings. The molecule has 2 N–H and O–H groups in total. The van der Waals surface area contributed by atoms with E-state index in [0.717, 1.165) is 11.3 Å². The Morgan fingerprint density at radius 2 is 1.67 bits per heavy atom. The molecule has 0 saturated heterocycles. The summed E-state index contributed by atoms with van der Waals surface area (Å²) in [5.41, 5.74) is 4.70. The lowest BCUT2D eigenvalue weighted by molar-refractivity contribution is 0.149. The van der Waals surface area contributed by atoms with Gasteiger partial charge in [-0.25, -0.2) is 0 Å². The lowest BCUT2D eigenvalue weighted by atomic mass is 9.80. The van der Waals surface area contributed by atoms with Gasteiger partial charge in [-0.3, -0.25) is 5.43 Å². The van der Waals surface area contributed by atoms with E-state index < -0.39 is 6.23 Å². The van der Waals surface area contributed by atoms with E-state index in [4.69, 9.17) is 0 Å². The Labute approximate surface area is 92.3 Å². The van der Waals surface area contributed by atoms with Gasteiger partial charge in [0.25, 0.3) is 0 Å². The zero-order valence-corrected chi connectivity index (χ0v) is 10.5. The highest BCUT2D eigenvalue weighted by Crippen LogP contribution is 2.31. The van der Waals surface area contributed by atoms with Crippen LogP contribution in [0.3, 0.4) is 0 Å². The molecule has 0 bridgehead atoms. The highest BCUT2D eigenvalue weighted by Gasteiger charge is 2.29. The number of allylic oxidation sites excluding steroid dienone is 1. The van der Waals surface area contributed by atoms with Crippen LogP contribution in [0.25, 0.3) is 0 Å². The molecule has 0 fully saturated rings. The standard InChI is InChI=1S/C12H22N2O/c1-11(2,3)8-7-9(12(4,5)6)13-14-10(8)15/h7,10,14-15H,1-6H3. The Morgan fingerprint density at radius 3 is 2.07 bits per heavy atom. The van der Waals surface area contributed by atoms with Crippen LogP contribution < -0.4 is 5.43 Å². The maximum atomic E-state index is 9.80. The number of aliphatic hydroxyl groups excluding tert-OH is 1. The third-order valence-electron chi connectivity index (χ3n) is 2.53. The van der Waals surface area contributed by atoms with E-state index in [1.165, 1.54) is 0 Å². The smallest absolute Gasteiger partial charge is 0.162 e. The van der Waals surface area contributed by atoms with Gasteiger partial charge in [0, 0.05) is 5.41 Å². The maximum absolute atomic E-state index is 9.80. The van der Waals surface area contributed by atoms with Crippen molar-refractivity contribution in [2.75, 3.05) is 0 Å². The summed E-state index contributed by atoms with van der Waals surface area (Å²) < 4.78 is 0. The molecule has 3 heteroatoms. The van der Waals surface area contributed by atoms with Gasteiger partial charge in [0.1, 0.15) is 0 Å². The zero-order valence-electron chi connectivity index (χ0n) is 10.5. The quantitative estimate of drug-likeness (QED) is 0.644. The lowest BCUT2D eigenvalue weighted by Crippen LogP contribution is -2.39. The van der Waals surface area contributed by atoms with Crippen molar-refractivity contribution in [2.45, 2.75) is 47.8 Å². The van der Waals surface area contributed by atoms with Crippen LogP contribution in [0.15, 0.2) is 16.8 Å². The van der Waals surface area contributed by atoms with Crippen molar-refractivity contribution >= 4 is 5.71 Å². The molecule has 0 amide bonds. The van der Waals surface area contributed by atoms with Gasteiger partial charge in [-0.2, -0.15) is 5.10 Å². The first-order valence-corrected chi connectivity index (χ1v) is 5.36. The summed E-state index contributed by atoms with van der Waals surface area (Å²) in [6, 6.07) is 0. The second kappa shape index (κ2) is 3.63. The van der Waals surface area contributed by atoms with Crippen molar-refractivity contribution < 1.29 is 5.11 Å². The van der Waals surface area contributed by atoms with E-state index in [0.29, 0.717) is 0 Å². The summed E-state index contributed by atoms with van der Waals surface area (Å²) in [7, 11) is 0. The molecule has 1 atom stereocenters. The van der Waals surface area contributed by atoms with Gasteiger partial charge in [-0.1, -0.05) is 41.5 Å². The van der Waals surface area contributed by atoms with Gasteiger partial charge in [0.05, 0.1) is 5.71 Å². The van der Waals surface area contributed by atoms with E-state index in [2.05, 4.69) is 52.1 Å². The molecule has 0 aromatic heterocycles. The largest absolute Gasteiger partial charge is 0.368 e. The van der Waals surface area contributed by atoms with Crippen molar-refractivity contribution in [1.82, 2.24) is 5.43 Å². The number of hydrazone groups is 1. The zero-order chi connectivity index (χ0) is 11.9. The lowest BCUT2D eigenvalue weighted by Gasteiger charge is -2.32. The van der Waals surface area contributed by atoms with E-state index in [1.54, 1.807) is 0 Å². The van der Waals surface area contributed by atoms with Crippen molar-refractivity contribution in [1.29, 1.82) is 0 Å². The normalized spacial score (nSPS) is 23.0. The first kappa shape index (κ1) is 12.2. The van der Waals surface area contributed by atoms with Crippen LogP contribution in [0.2, 0.25) is 0 Å². The fourth-order valence-corrected chi connectivity index (χ4v) is 1.47. The molecule has 1 unspecified atom stereocenters. The van der Waals surface area contributed by atoms with Crippen molar-refractivity contribution in [3.8, 4) is 0 Å². The van der Waals surface area contributed by atoms with Gasteiger partial charge >= 0.3 is 0 Å². The highest BCUT2D eigenvalue weighted by molar-refractivity contribution is 6.00. The summed E-state index contributed by atoms with van der Waals surface area (Å²) in [5, 5.41) is 14.0. The molecule has 0 aliphatic carbocycles. The number of nitrogens with one attached hydrogen (secondary N) is 1. The van der Waals surface area contributed by atoms with Crippen LogP contribution in [0, 0.1) is 10.8 Å². The van der Waals surface area contributed by atoms with Gasteiger partial charge in [-0.15, -0.1) is 0 Å². The minimum Gasteiger partial charge on any atom is -0.368 e. The number of aliphatic hydroxyl groups is 1. The Morgan fingerprint density at radius 1 is 1.13 bits per heavy atom. The molecule has 0 spiro atoms. The minimum absolute atomic E-state index is 0.00361. The van der Waals surface area contributed by atoms with Crippen LogP contribution in [0.4, 0.5) is 0 Å². The molecule has 86 valence electrons. The topological polar surface area (TPSA) is 44.6 Å². The number of nitrogens with zero attached hydrogens (tertiary/aromatic N) is 1. The summed E-state index contributed by atoms with van der Waals surface area (Å²) in [6.45, 7) is 12.6. The Hall–Kier alpha value is -0.830. The van der Waals surface area contributed by atoms with Crippen LogP contribution in [-0.2, 0) is 0 Å². The van der Waals surface area contributed by atoms with Crippen LogP contribution in [-0.4, -0.2) is 17.0 Å². The number of hydrogen-bond acceptors (Lipinski definition) is 3. The average Bonchev–Trinajstić information content (AvgIpc) is 2.00. The average molecular weight is 210 g/mol. The summed E-state index contributed by atoms with van der Waals surface area (Å²) in [4.78, 5) is 0. The maximum Gasteiger partial charge on any atom is 0.162 e. The fraction of sp³-hybridized carbons (Fsp3) is 0.750. The molecule has 3 nitrogen and oxygen atoms in total. The molecule has 15 heavy (non-hydrogen) atoms. The summed E-state index contributed by atoms with van der Waals surface area (Å²) >= 11 is 0. The Kier molecular flexibility index (Phi) is 2.97. The van der Waals surface area contributed by atoms with Crippen LogP contribution >= 0.6 is 0 Å². The molecular weight excluding hydrogens is 188 g/mol. The number of rotatable bonds is 0. The highest BCUT2D eigenvalue weighted by atomic mass is 16.3. The van der Waals surface area contributed by atoms with Gasteiger partial charge in [0.15, 0.2) is 6.23 Å². The van der Waals surface area contributed by atoms with E-state index in [-0.39, 0.29) is 10.8 Å². The monoisotopic (exact) mass is 210 g/mol. The Bertz CT molecular complexity index is 303. The predicted octanol–water partition coefficient (Wildman–Crippen LogP) is 2.28. The molecule has 1 rings (SSSR count). The van der Waals surface area contributed by atoms with Crippen molar-refractivity contribution in [3.05, 3.63) is 11.6 Å². The first-order valence-electron chi connectivity index (χ1n) is 5.36. The van der Waals surface area contributed by atoms with Gasteiger partial charge in [-0.05, 0) is 17.1 Å².